The number of carbonyl (C=O) groups is 1. The van der Waals surface area contributed by atoms with Gasteiger partial charge in [-0.05, 0) is 18.9 Å². The molecule has 0 saturated carbocycles. The molecule has 1 heterocycles. The Balaban J connectivity index is 1.94. The van der Waals surface area contributed by atoms with Crippen molar-refractivity contribution in [2.45, 2.75) is 19.3 Å². The number of non-ortho nitro benzene ring substituents is 1. The molecule has 0 saturated heterocycles. The Labute approximate surface area is 114 Å². The first-order valence-electron chi connectivity index (χ1n) is 6.13. The minimum Gasteiger partial charge on any atom is -0.424 e. The number of benzene rings is 1. The number of nitrogens with one attached hydrogen (secondary N) is 1. The van der Waals surface area contributed by atoms with Crippen LogP contribution in [0.1, 0.15) is 19.3 Å². The van der Waals surface area contributed by atoms with E-state index in [1.165, 1.54) is 18.2 Å². The third-order valence-electron chi connectivity index (χ3n) is 2.71. The quantitative estimate of drug-likeness (QED) is 0.452. The molecule has 1 amide bonds. The molecule has 0 unspecified atom stereocenters. The summed E-state index contributed by atoms with van der Waals surface area (Å²) >= 11 is 0. The zero-order chi connectivity index (χ0) is 14.5. The van der Waals surface area contributed by atoms with Gasteiger partial charge in [0.2, 0.25) is 5.91 Å². The van der Waals surface area contributed by atoms with Crippen LogP contribution in [0.25, 0.3) is 11.1 Å². The number of aromatic nitrogens is 1. The van der Waals surface area contributed by atoms with Crippen LogP contribution >= 0.6 is 0 Å². The topological polar surface area (TPSA) is 124 Å². The highest BCUT2D eigenvalue weighted by atomic mass is 16.6. The summed E-state index contributed by atoms with van der Waals surface area (Å²) in [4.78, 5) is 24.8. The molecule has 8 heteroatoms. The maximum Gasteiger partial charge on any atom is 0.295 e. The van der Waals surface area contributed by atoms with Crippen LogP contribution in [0.5, 0.6) is 0 Å². The van der Waals surface area contributed by atoms with E-state index in [9.17, 15) is 14.9 Å². The van der Waals surface area contributed by atoms with Crippen molar-refractivity contribution in [2.75, 3.05) is 11.9 Å². The van der Waals surface area contributed by atoms with Gasteiger partial charge in [0, 0.05) is 25.1 Å². The summed E-state index contributed by atoms with van der Waals surface area (Å²) < 4.78 is 5.39. The number of oxazole rings is 1. The van der Waals surface area contributed by atoms with Crippen molar-refractivity contribution < 1.29 is 14.1 Å². The average Bonchev–Trinajstić information content (AvgIpc) is 2.79. The number of primary amides is 1. The van der Waals surface area contributed by atoms with Gasteiger partial charge in [-0.3, -0.25) is 14.9 Å². The second kappa shape index (κ2) is 6.00. The van der Waals surface area contributed by atoms with Crippen LogP contribution in [0.15, 0.2) is 22.6 Å². The standard InChI is InChI=1S/C12H14N4O4/c13-11(17)3-1-2-6-14-12-15-9-7-8(16(18)19)4-5-10(9)20-12/h4-5,7H,1-3,6H2,(H2,13,17)(H,14,15). The van der Waals surface area contributed by atoms with Gasteiger partial charge in [-0.2, -0.15) is 4.98 Å². The van der Waals surface area contributed by atoms with Crippen LogP contribution in [0.4, 0.5) is 11.7 Å². The van der Waals surface area contributed by atoms with E-state index in [4.69, 9.17) is 10.2 Å². The van der Waals surface area contributed by atoms with E-state index in [1.54, 1.807) is 0 Å². The lowest BCUT2D eigenvalue weighted by molar-refractivity contribution is -0.384. The zero-order valence-electron chi connectivity index (χ0n) is 10.7. The predicted molar refractivity (Wildman–Crippen MR) is 72.2 cm³/mol. The number of nitro groups is 1. The number of hydrogen-bond donors (Lipinski definition) is 2. The van der Waals surface area contributed by atoms with Crippen LogP contribution < -0.4 is 11.1 Å². The lowest BCUT2D eigenvalue weighted by Gasteiger charge is -1.99. The van der Waals surface area contributed by atoms with Gasteiger partial charge in [0.1, 0.15) is 5.52 Å². The fraction of sp³-hybridized carbons (Fsp3) is 0.333. The third kappa shape index (κ3) is 3.44. The predicted octanol–water partition coefficient (Wildman–Crippen LogP) is 1.80. The number of hydrogen-bond acceptors (Lipinski definition) is 6. The number of anilines is 1. The Morgan fingerprint density at radius 2 is 2.25 bits per heavy atom. The van der Waals surface area contributed by atoms with E-state index in [1.807, 2.05) is 0 Å². The SMILES string of the molecule is NC(=O)CCCCNc1nc2cc([N+](=O)[O-])ccc2o1. The molecule has 0 aliphatic rings. The lowest BCUT2D eigenvalue weighted by Crippen LogP contribution is -2.10. The van der Waals surface area contributed by atoms with Crippen molar-refractivity contribution >= 4 is 28.7 Å². The van der Waals surface area contributed by atoms with Gasteiger partial charge in [0.25, 0.3) is 11.7 Å². The second-order valence-electron chi connectivity index (χ2n) is 4.28. The first-order valence-corrected chi connectivity index (χ1v) is 6.13. The number of nitrogens with two attached hydrogens (primary N) is 1. The molecule has 1 aromatic heterocycles. The molecule has 106 valence electrons. The van der Waals surface area contributed by atoms with Crippen molar-refractivity contribution in [1.29, 1.82) is 0 Å². The van der Waals surface area contributed by atoms with Gasteiger partial charge >= 0.3 is 0 Å². The summed E-state index contributed by atoms with van der Waals surface area (Å²) in [6.45, 7) is 0.586. The van der Waals surface area contributed by atoms with Gasteiger partial charge in [-0.15, -0.1) is 0 Å². The second-order valence-corrected chi connectivity index (χ2v) is 4.28. The van der Waals surface area contributed by atoms with E-state index < -0.39 is 4.92 Å². The number of rotatable bonds is 7. The Morgan fingerprint density at radius 1 is 1.45 bits per heavy atom. The third-order valence-corrected chi connectivity index (χ3v) is 2.71. The molecule has 3 N–H and O–H groups in total. The van der Waals surface area contributed by atoms with Crippen LogP contribution in [0.3, 0.4) is 0 Å². The molecule has 2 rings (SSSR count). The Bertz CT molecular complexity index is 637. The zero-order valence-corrected chi connectivity index (χ0v) is 10.7. The van der Waals surface area contributed by atoms with Crippen molar-refractivity contribution in [3.8, 4) is 0 Å². The van der Waals surface area contributed by atoms with Gasteiger partial charge in [-0.1, -0.05) is 0 Å². The van der Waals surface area contributed by atoms with Crippen LogP contribution in [0, 0.1) is 10.1 Å². The number of fused-ring (bicyclic) bond motifs is 1. The fourth-order valence-electron chi connectivity index (χ4n) is 1.72. The summed E-state index contributed by atoms with van der Waals surface area (Å²) in [5.74, 6) is -0.320. The molecule has 0 radical (unpaired) electrons. The number of carbonyl (C=O) groups excluding carboxylic acids is 1. The number of nitrogens with zero attached hydrogens (tertiary/aromatic N) is 2. The molecule has 2 aromatic rings. The first kappa shape index (κ1) is 13.8. The maximum atomic E-state index is 10.6. The minimum atomic E-state index is -0.481. The van der Waals surface area contributed by atoms with E-state index in [0.29, 0.717) is 36.5 Å². The highest BCUT2D eigenvalue weighted by molar-refractivity contribution is 5.77. The van der Waals surface area contributed by atoms with E-state index in [2.05, 4.69) is 10.3 Å². The van der Waals surface area contributed by atoms with Gasteiger partial charge < -0.3 is 15.5 Å². The summed E-state index contributed by atoms with van der Waals surface area (Å²) in [6.07, 6.45) is 1.79. The molecule has 0 fully saturated rings. The highest BCUT2D eigenvalue weighted by Crippen LogP contribution is 2.23. The summed E-state index contributed by atoms with van der Waals surface area (Å²) in [5, 5.41) is 13.6. The highest BCUT2D eigenvalue weighted by Gasteiger charge is 2.11. The average molecular weight is 278 g/mol. The summed E-state index contributed by atoms with van der Waals surface area (Å²) in [6, 6.07) is 4.54. The number of unbranched alkanes of at least 4 members (excludes halogenated alkanes) is 1. The van der Waals surface area contributed by atoms with Gasteiger partial charge in [-0.25, -0.2) is 0 Å². The van der Waals surface area contributed by atoms with Gasteiger partial charge in [0.05, 0.1) is 4.92 Å². The van der Waals surface area contributed by atoms with Crippen LogP contribution in [0.2, 0.25) is 0 Å². The lowest BCUT2D eigenvalue weighted by atomic mass is 10.2. The molecule has 0 atom stereocenters. The molecule has 8 nitrogen and oxygen atoms in total. The molecule has 20 heavy (non-hydrogen) atoms. The van der Waals surface area contributed by atoms with Gasteiger partial charge in [0.15, 0.2) is 5.58 Å². The van der Waals surface area contributed by atoms with Crippen LogP contribution in [-0.4, -0.2) is 22.4 Å². The normalized spacial score (nSPS) is 10.6. The van der Waals surface area contributed by atoms with E-state index in [0.717, 1.165) is 6.42 Å². The smallest absolute Gasteiger partial charge is 0.295 e. The van der Waals surface area contributed by atoms with Crippen molar-refractivity contribution in [2.24, 2.45) is 5.73 Å². The Morgan fingerprint density at radius 3 is 2.95 bits per heavy atom. The van der Waals surface area contributed by atoms with Crippen molar-refractivity contribution in [1.82, 2.24) is 4.98 Å². The maximum absolute atomic E-state index is 10.6. The molecule has 0 bridgehead atoms. The molecule has 0 aliphatic carbocycles. The Hall–Kier alpha value is -2.64. The first-order chi connectivity index (χ1) is 9.56. The Kier molecular flexibility index (Phi) is 4.14. The molecule has 1 aromatic carbocycles. The van der Waals surface area contributed by atoms with Crippen LogP contribution in [-0.2, 0) is 4.79 Å². The molecular weight excluding hydrogens is 264 g/mol. The molecule has 0 aliphatic heterocycles. The summed E-state index contributed by atoms with van der Waals surface area (Å²) in [7, 11) is 0. The minimum absolute atomic E-state index is 0.0289. The van der Waals surface area contributed by atoms with E-state index in [-0.39, 0.29) is 11.6 Å². The van der Waals surface area contributed by atoms with Crippen molar-refractivity contribution in [3.05, 3.63) is 28.3 Å². The molecular formula is C12H14N4O4. The largest absolute Gasteiger partial charge is 0.424 e. The fourth-order valence-corrected chi connectivity index (χ4v) is 1.72. The van der Waals surface area contributed by atoms with Crippen molar-refractivity contribution in [3.63, 3.8) is 0 Å². The number of nitro benzene ring substituents is 1. The molecule has 0 spiro atoms. The number of amides is 1. The summed E-state index contributed by atoms with van der Waals surface area (Å²) in [5.41, 5.74) is 5.91. The van der Waals surface area contributed by atoms with E-state index >= 15 is 0 Å². The monoisotopic (exact) mass is 278 g/mol.